The van der Waals surface area contributed by atoms with Gasteiger partial charge in [-0.2, -0.15) is 0 Å². The van der Waals surface area contributed by atoms with Crippen molar-refractivity contribution >= 4 is 23.9 Å². The van der Waals surface area contributed by atoms with Gasteiger partial charge in [-0.05, 0) is 191 Å². The molecule has 24 nitrogen and oxygen atoms in total. The molecule has 12 rings (SSSR count). The van der Waals surface area contributed by atoms with Gasteiger partial charge in [-0.3, -0.25) is 38.8 Å². The number of fused-ring (bicyclic) bond motifs is 12. The number of carbonyl (C=O) groups excluding carboxylic acids is 4. The van der Waals surface area contributed by atoms with E-state index in [0.717, 1.165) is 31.4 Å². The van der Waals surface area contributed by atoms with Crippen LogP contribution < -0.4 is 60.8 Å². The first kappa shape index (κ1) is 43.2. The molecule has 0 aromatic heterocycles. The molecule has 4 aromatic carbocycles. The molecule has 0 spiro atoms. The van der Waals surface area contributed by atoms with Gasteiger partial charge in [0, 0.05) is 186 Å². The number of nitrogens with two attached hydrogens (primary N) is 4. The summed E-state index contributed by atoms with van der Waals surface area (Å²) in [4.78, 5) is 55.1. The van der Waals surface area contributed by atoms with Crippen LogP contribution in [0.3, 0.4) is 0 Å². The van der Waals surface area contributed by atoms with E-state index in [1.54, 1.807) is 13.8 Å². The van der Waals surface area contributed by atoms with Gasteiger partial charge < -0.3 is 79.8 Å². The smallest absolute Gasteiger partial charge is 0.323 e. The van der Waals surface area contributed by atoms with Gasteiger partial charge in [0.15, 0.2) is 46.0 Å². The van der Waals surface area contributed by atoms with Crippen LogP contribution in [0.5, 0.6) is 46.0 Å². The van der Waals surface area contributed by atoms with E-state index in [-0.39, 0.29) is 87.8 Å². The molecular weight excluding hydrogens is 1520 g/mol. The van der Waals surface area contributed by atoms with Crippen LogP contribution in [0, 0.1) is 70.8 Å². The van der Waals surface area contributed by atoms with E-state index in [1.807, 2.05) is 0 Å². The summed E-state index contributed by atoms with van der Waals surface area (Å²) < 4.78 is 576. The van der Waals surface area contributed by atoms with E-state index < -0.39 is 349 Å². The second-order valence-electron chi connectivity index (χ2n) is 30.1. The normalized spacial score (nSPS) is 43.8. The molecule has 8 aliphatic heterocycles. The first-order chi connectivity index (χ1) is 79.9. The minimum Gasteiger partial charge on any atom is -0.493 e. The van der Waals surface area contributed by atoms with E-state index in [4.69, 9.17) is 132 Å². The Bertz CT molecular complexity index is 6850. The maximum Gasteiger partial charge on any atom is 0.323 e. The minimum absolute atomic E-state index is 0.00504. The van der Waals surface area contributed by atoms with Crippen molar-refractivity contribution in [2.45, 2.75) is 260 Å². The third kappa shape index (κ3) is 23.8. The lowest BCUT2D eigenvalue weighted by Crippen LogP contribution is -2.51. The molecule has 4 fully saturated rings. The van der Waals surface area contributed by atoms with Crippen molar-refractivity contribution in [3.63, 3.8) is 0 Å². The Balaban J connectivity index is 0.000000262. The molecule has 8 aliphatic rings. The predicted molar refractivity (Wildman–Crippen MR) is 471 cm³/mol. The molecule has 8 heterocycles. The lowest BCUT2D eigenvalue weighted by atomic mass is 9.79. The molecule has 0 aliphatic carbocycles. The average Bonchev–Trinajstić information content (AvgIpc) is 0.662. The molecule has 0 amide bonds. The van der Waals surface area contributed by atoms with Crippen LogP contribution >= 0.6 is 0 Å². The van der Waals surface area contributed by atoms with Crippen LogP contribution in [0.2, 0.25) is 0 Å². The Morgan fingerprint density at radius 3 is 0.733 bits per heavy atom. The fourth-order valence-corrected chi connectivity index (χ4v) is 13.1. The highest BCUT2D eigenvalue weighted by atomic mass is 16.6. The molecule has 8 N–H and O–H groups in total. The second-order valence-corrected chi connectivity index (χ2v) is 30.1. The van der Waals surface area contributed by atoms with Crippen LogP contribution in [0.15, 0.2) is 48.5 Å². The first-order valence-corrected chi connectivity index (χ1v) is 38.5. The van der Waals surface area contributed by atoms with Crippen LogP contribution in [-0.2, 0) is 63.8 Å². The van der Waals surface area contributed by atoms with Gasteiger partial charge in [0.2, 0.25) is 0 Å². The van der Waals surface area contributed by atoms with Crippen LogP contribution in [0.4, 0.5) is 0 Å². The summed E-state index contributed by atoms with van der Waals surface area (Å²) in [5.41, 5.74) is 23.0. The molecule has 0 bridgehead atoms. The Morgan fingerprint density at radius 1 is 0.358 bits per heavy atom. The molecule has 4 saturated heterocycles. The largest absolute Gasteiger partial charge is 0.493 e. The van der Waals surface area contributed by atoms with Crippen molar-refractivity contribution in [3.05, 3.63) is 93.0 Å². The zero-order valence-electron chi connectivity index (χ0n) is 130. The number of rotatable bonds is 28. The Labute approximate surface area is 803 Å². The van der Waals surface area contributed by atoms with Gasteiger partial charge in [-0.1, -0.05) is 110 Å². The number of benzene rings is 4. The van der Waals surface area contributed by atoms with E-state index in [2.05, 4.69) is 0 Å². The van der Waals surface area contributed by atoms with Crippen LogP contribution in [-0.4, -0.2) is 201 Å². The predicted octanol–water partition coefficient (Wildman–Crippen LogP) is 14.3. The third-order valence-corrected chi connectivity index (χ3v) is 19.8. The quantitative estimate of drug-likeness (QED) is 0.0303. The van der Waals surface area contributed by atoms with Crippen LogP contribution in [0.1, 0.15) is 312 Å². The molecule has 672 valence electrons. The number of piperidine rings is 4. The van der Waals surface area contributed by atoms with Crippen molar-refractivity contribution < 1.29 is 158 Å². The average molecular weight is 1730 g/mol. The highest BCUT2D eigenvalue weighted by Crippen LogP contribution is 2.50. The Hall–Kier alpha value is -7.16. The molecular formula is C96H152N8O16. The van der Waals surface area contributed by atoms with Crippen LogP contribution in [0.25, 0.3) is 0 Å². The van der Waals surface area contributed by atoms with Gasteiger partial charge in [0.1, 0.15) is 48.6 Å². The number of esters is 4. The summed E-state index contributed by atoms with van der Waals surface area (Å²) in [7, 11) is -7.28. The van der Waals surface area contributed by atoms with Gasteiger partial charge in [-0.15, -0.1) is 0 Å². The Morgan fingerprint density at radius 2 is 0.550 bits per heavy atom. The standard InChI is InChI=1S/4C24H38N2O4/c4*1-14(2)9-17-13-26-8-7-16-10-21(28-5)22(29-6)11-18(16)19(26)12-20(17)30-24(27)23(25)15(3)4/h4*10-11,14-15,17,19-20,23H,7-9,12-13,25H2,1-6H3/t4*17?,19?,20?,23-/m0000/s1/i1D3,5D3,6D3,9D2,12D2,13D2,14D,17D,19D;1D3,6D3,9D2,12D2,13D2,14D,17D,19D;1D3,5D3,9D2,12D2,13D2,14D,17D,19D;1D3,9D2,12D2,13D2,14D,17D,19D/t4*14?,17?,19?,20?,23-. The molecule has 0 radical (unpaired) electrons. The number of nitrogens with zero attached hydrogens (tertiary/aromatic N) is 4. The van der Waals surface area contributed by atoms with Crippen molar-refractivity contribution in [1.82, 2.24) is 19.6 Å². The summed E-state index contributed by atoms with van der Waals surface area (Å²) >= 11 is 0. The van der Waals surface area contributed by atoms with E-state index in [0.29, 0.717) is 52.9 Å². The van der Waals surface area contributed by atoms with Gasteiger partial charge >= 0.3 is 23.9 Å². The topological polar surface area (TPSA) is 296 Å². The number of carbonyl (C=O) groups is 4. The minimum atomic E-state index is -3.87. The van der Waals surface area contributed by atoms with Crippen molar-refractivity contribution in [2.24, 2.45) is 93.8 Å². The molecule has 4 aromatic rings. The van der Waals surface area contributed by atoms with E-state index >= 15 is 0 Å². The summed E-state index contributed by atoms with van der Waals surface area (Å²) in [6, 6.07) is -8.71. The SMILES string of the molecule is [2H]C([2H])([2H])C([2H])(C)C([2H])([2H])C1([2H])C(OC(=O)[C@@H](N)C(C)C)C([2H])([2H])C2([2H])c3cc(OC)c(OC)cc3CCN2C1([2H])[2H].[2H]C([2H])([2H])Oc1cc2c(cc1OC([2H])([2H])[2H])C1([2H])N(CC2)C([2H])([2H])C([2H])(C([2H])([2H])C([2H])(C)C([2H])([2H])[2H])C(OC(=O)[C@@H](N)C(C)C)C1([2H])[2H].[2H]C([2H])([2H])Oc1cc2c(cc1OC)C1([2H])N(CC2)C([2H])([2H])C([2H])(C([2H])([2H])C([2H])(C)C([2H])([2H])[2H])C(OC(=O)[C@@H](N)C(C)C)C1([2H])[2H].[2H]C([2H])([2H])Oc1cc2c(cc1OC)CCN1C([2H])([2H])C([2H])(C([2H])([2H])C([2H])(C)C([2H])([2H])[2H])C(OC(=O)[C@@H](N)C(C)C)C([2H])([2H])C21[2H]. The first-order valence-electron chi connectivity index (χ1n) is 68.5. The Kier molecular flexibility index (Phi) is 15.8. The number of hydrogen-bond acceptors (Lipinski definition) is 24. The monoisotopic (exact) mass is 1730 g/mol. The van der Waals surface area contributed by atoms with Crippen molar-refractivity contribution in [1.29, 1.82) is 0 Å². The zero-order chi connectivity index (χ0) is 141. The van der Waals surface area contributed by atoms with E-state index in [1.165, 1.54) is 87.1 Å². The molecule has 0 saturated carbocycles. The lowest BCUT2D eigenvalue weighted by molar-refractivity contribution is -0.161. The zero-order valence-corrected chi connectivity index (χ0v) is 69.8. The highest BCUT2D eigenvalue weighted by Gasteiger charge is 2.47. The maximum absolute atomic E-state index is 13.3. The fraction of sp³-hybridized carbons (Fsp3) is 0.708. The number of hydrogen-bond donors (Lipinski definition) is 4. The highest BCUT2D eigenvalue weighted by molar-refractivity contribution is 5.77. The second kappa shape index (κ2) is 43.9. The van der Waals surface area contributed by atoms with Gasteiger partial charge in [0.25, 0.3) is 0 Å². The molecule has 120 heavy (non-hydrogen) atoms. The summed E-state index contributed by atoms with van der Waals surface area (Å²) in [5.74, 6) is -38.1. The van der Waals surface area contributed by atoms with E-state index in [9.17, 15) is 49.3 Å². The summed E-state index contributed by atoms with van der Waals surface area (Å²) in [6.07, 6.45) is -41.1. The van der Waals surface area contributed by atoms with Crippen molar-refractivity contribution in [3.8, 4) is 46.0 Å². The summed E-state index contributed by atoms with van der Waals surface area (Å²) in [5, 5.41) is 0. The lowest BCUT2D eigenvalue weighted by Gasteiger charge is -2.47. The number of methoxy groups -OCH3 is 8. The number of ether oxygens (including phenoxy) is 12. The van der Waals surface area contributed by atoms with Gasteiger partial charge in [-0.25, -0.2) is 0 Å². The van der Waals surface area contributed by atoms with Crippen molar-refractivity contribution in [2.75, 3.05) is 109 Å². The summed E-state index contributed by atoms with van der Waals surface area (Å²) in [6.45, 7) is -15.6. The maximum atomic E-state index is 13.3. The molecule has 16 unspecified atom stereocenters. The molecule has 20 atom stereocenters. The molecule has 24 heteroatoms. The fourth-order valence-electron chi connectivity index (χ4n) is 13.1. The third-order valence-electron chi connectivity index (χ3n) is 19.8. The van der Waals surface area contributed by atoms with Gasteiger partial charge in [0.05, 0.1) is 78.5 Å².